The van der Waals surface area contributed by atoms with Crippen LogP contribution < -0.4 is 0 Å². The summed E-state index contributed by atoms with van der Waals surface area (Å²) in [5.41, 5.74) is 8.81. The van der Waals surface area contributed by atoms with Gasteiger partial charge in [-0.05, 0) is 87.1 Å². The van der Waals surface area contributed by atoms with E-state index in [-0.39, 0.29) is 24.8 Å². The predicted octanol–water partition coefficient (Wildman–Crippen LogP) is 5.14. The zero-order chi connectivity index (χ0) is 32.5. The van der Waals surface area contributed by atoms with E-state index < -0.39 is 10.0 Å². The van der Waals surface area contributed by atoms with Gasteiger partial charge in [-0.3, -0.25) is 9.59 Å². The van der Waals surface area contributed by atoms with Crippen LogP contribution in [0.1, 0.15) is 71.8 Å². The van der Waals surface area contributed by atoms with Crippen molar-refractivity contribution in [3.05, 3.63) is 110 Å². The molecule has 9 nitrogen and oxygen atoms in total. The summed E-state index contributed by atoms with van der Waals surface area (Å²) in [4.78, 5) is 27.9. The van der Waals surface area contributed by atoms with Crippen molar-refractivity contribution in [2.75, 3.05) is 26.2 Å². The van der Waals surface area contributed by atoms with E-state index in [1.807, 2.05) is 84.1 Å². The lowest BCUT2D eigenvalue weighted by molar-refractivity contribution is 0.0697. The van der Waals surface area contributed by atoms with Crippen LogP contribution in [0.3, 0.4) is 0 Å². The van der Waals surface area contributed by atoms with E-state index in [4.69, 9.17) is 0 Å². The maximum absolute atomic E-state index is 13.7. The molecule has 0 spiro atoms. The molecule has 0 bridgehead atoms. The molecular formula is C35H41N5O4S. The highest BCUT2D eigenvalue weighted by Crippen LogP contribution is 2.32. The van der Waals surface area contributed by atoms with Gasteiger partial charge in [-0.25, -0.2) is 13.1 Å². The highest BCUT2D eigenvalue weighted by Gasteiger charge is 2.33. The van der Waals surface area contributed by atoms with Crippen molar-refractivity contribution in [1.29, 1.82) is 0 Å². The highest BCUT2D eigenvalue weighted by atomic mass is 32.2. The Morgan fingerprint density at radius 1 is 0.733 bits per heavy atom. The van der Waals surface area contributed by atoms with Crippen molar-refractivity contribution in [1.82, 2.24) is 24.2 Å². The smallest absolute Gasteiger partial charge is 0.253 e. The summed E-state index contributed by atoms with van der Waals surface area (Å²) in [6.07, 6.45) is 2.72. The van der Waals surface area contributed by atoms with Gasteiger partial charge in [0.15, 0.2) is 5.78 Å². The molecule has 0 saturated carbocycles. The number of piperazine rings is 1. The summed E-state index contributed by atoms with van der Waals surface area (Å²) in [7, 11) is -3.69. The van der Waals surface area contributed by atoms with Crippen LogP contribution in [-0.2, 0) is 23.0 Å². The average Bonchev–Trinajstić information content (AvgIpc) is 3.49. The number of rotatable bonds is 9. The monoisotopic (exact) mass is 627 g/mol. The minimum atomic E-state index is -3.69. The first kappa shape index (κ1) is 32.2. The fourth-order valence-electron chi connectivity index (χ4n) is 5.89. The van der Waals surface area contributed by atoms with E-state index in [1.54, 1.807) is 21.7 Å². The Kier molecular flexibility index (Phi) is 9.36. The number of aryl methyl sites for hydroxylation is 2. The quantitative estimate of drug-likeness (QED) is 0.238. The summed E-state index contributed by atoms with van der Waals surface area (Å²) >= 11 is 0. The minimum Gasteiger partial charge on any atom is -0.336 e. The lowest BCUT2D eigenvalue weighted by Gasteiger charge is -2.35. The van der Waals surface area contributed by atoms with Crippen molar-refractivity contribution in [2.45, 2.75) is 65.8 Å². The summed E-state index contributed by atoms with van der Waals surface area (Å²) in [6.45, 7) is 13.4. The summed E-state index contributed by atoms with van der Waals surface area (Å²) < 4.78 is 30.7. The number of hydrogen-bond donors (Lipinski definition) is 0. The highest BCUT2D eigenvalue weighted by molar-refractivity contribution is 7.89. The molecule has 0 atom stereocenters. The topological polar surface area (TPSA) is 105 Å². The SMILES string of the molecule is Cc1ccc(C(=O)CCc2cn(Cc3ccc(C(=O)N4CCN(S(=O)(=O)c5c(C)c(C)c(C)c(C)c5C)CC4)cc3)nn2)cc1. The van der Waals surface area contributed by atoms with Gasteiger partial charge in [0.1, 0.15) is 0 Å². The van der Waals surface area contributed by atoms with Gasteiger partial charge < -0.3 is 4.90 Å². The van der Waals surface area contributed by atoms with E-state index in [0.717, 1.165) is 44.6 Å². The molecule has 1 aliphatic rings. The van der Waals surface area contributed by atoms with Crippen LogP contribution >= 0.6 is 0 Å². The largest absolute Gasteiger partial charge is 0.336 e. The molecule has 0 aliphatic carbocycles. The molecule has 1 aliphatic heterocycles. The van der Waals surface area contributed by atoms with Crippen LogP contribution in [0, 0.1) is 41.5 Å². The van der Waals surface area contributed by atoms with Gasteiger partial charge in [0.25, 0.3) is 5.91 Å². The molecule has 236 valence electrons. The Bertz CT molecular complexity index is 1810. The number of nitrogens with zero attached hydrogens (tertiary/aromatic N) is 5. The second kappa shape index (κ2) is 13.1. The number of sulfonamides is 1. The van der Waals surface area contributed by atoms with Crippen LogP contribution in [0.15, 0.2) is 59.6 Å². The molecule has 1 fully saturated rings. The summed E-state index contributed by atoms with van der Waals surface area (Å²) in [5.74, 6) is -0.0382. The molecular weight excluding hydrogens is 586 g/mol. The third kappa shape index (κ3) is 6.77. The Morgan fingerprint density at radius 3 is 1.89 bits per heavy atom. The van der Waals surface area contributed by atoms with Crippen LogP contribution in [0.2, 0.25) is 0 Å². The Morgan fingerprint density at radius 2 is 1.29 bits per heavy atom. The summed E-state index contributed by atoms with van der Waals surface area (Å²) in [6, 6.07) is 14.9. The van der Waals surface area contributed by atoms with Gasteiger partial charge in [0.05, 0.1) is 17.1 Å². The number of ketones is 1. The zero-order valence-electron chi connectivity index (χ0n) is 26.9. The van der Waals surface area contributed by atoms with E-state index in [9.17, 15) is 18.0 Å². The first-order valence-corrected chi connectivity index (χ1v) is 16.7. The predicted molar refractivity (Wildman–Crippen MR) is 174 cm³/mol. The molecule has 2 heterocycles. The van der Waals surface area contributed by atoms with Crippen molar-refractivity contribution >= 4 is 21.7 Å². The van der Waals surface area contributed by atoms with Gasteiger partial charge in [0, 0.05) is 56.3 Å². The zero-order valence-corrected chi connectivity index (χ0v) is 27.7. The molecule has 4 aromatic rings. The van der Waals surface area contributed by atoms with Crippen molar-refractivity contribution in [2.24, 2.45) is 0 Å². The molecule has 0 radical (unpaired) electrons. The van der Waals surface area contributed by atoms with Crippen LogP contribution in [-0.4, -0.2) is 70.5 Å². The molecule has 0 unspecified atom stereocenters. The number of carbonyl (C=O) groups is 2. The van der Waals surface area contributed by atoms with Gasteiger partial charge >= 0.3 is 0 Å². The van der Waals surface area contributed by atoms with Crippen molar-refractivity contribution in [3.8, 4) is 0 Å². The second-order valence-electron chi connectivity index (χ2n) is 12.0. The molecule has 45 heavy (non-hydrogen) atoms. The third-order valence-corrected chi connectivity index (χ3v) is 11.3. The van der Waals surface area contributed by atoms with Crippen molar-refractivity contribution in [3.63, 3.8) is 0 Å². The number of benzene rings is 3. The Balaban J connectivity index is 1.16. The molecule has 1 saturated heterocycles. The standard InChI is InChI=1S/C35H41N5O4S/c1-23-7-11-30(12-8-23)33(41)16-15-32-22-39(37-36-32)21-29-9-13-31(14-10-29)35(42)38-17-19-40(20-18-38)45(43,44)34-27(5)25(3)24(2)26(4)28(34)6/h7-14,22H,15-21H2,1-6H3. The Hall–Kier alpha value is -4.15. The molecule has 5 rings (SSSR count). The van der Waals surface area contributed by atoms with Gasteiger partial charge in [0.2, 0.25) is 10.0 Å². The maximum Gasteiger partial charge on any atom is 0.253 e. The number of hydrogen-bond acceptors (Lipinski definition) is 6. The lowest BCUT2D eigenvalue weighted by Crippen LogP contribution is -2.50. The Labute approximate surface area is 265 Å². The number of aromatic nitrogens is 3. The normalized spacial score (nSPS) is 14.1. The maximum atomic E-state index is 13.7. The van der Waals surface area contributed by atoms with Gasteiger partial charge in [-0.15, -0.1) is 5.10 Å². The van der Waals surface area contributed by atoms with E-state index in [0.29, 0.717) is 48.5 Å². The third-order valence-electron chi connectivity index (χ3n) is 9.17. The van der Waals surface area contributed by atoms with Crippen molar-refractivity contribution < 1.29 is 18.0 Å². The number of Topliss-reactive ketones (excluding diaryl/α,β-unsaturated/α-hetero) is 1. The fourth-order valence-corrected chi connectivity index (χ4v) is 7.87. The average molecular weight is 628 g/mol. The molecule has 0 N–H and O–H groups in total. The lowest BCUT2D eigenvalue weighted by atomic mass is 9.95. The fraction of sp³-hybridized carbons (Fsp3) is 0.371. The minimum absolute atomic E-state index is 0.0782. The molecule has 10 heteroatoms. The number of carbonyl (C=O) groups excluding carboxylic acids is 2. The molecule has 1 aromatic heterocycles. The first-order valence-electron chi connectivity index (χ1n) is 15.3. The first-order chi connectivity index (χ1) is 21.4. The second-order valence-corrected chi connectivity index (χ2v) is 13.9. The number of amides is 1. The van der Waals surface area contributed by atoms with Crippen LogP contribution in [0.4, 0.5) is 0 Å². The van der Waals surface area contributed by atoms with E-state index in [1.165, 1.54) is 4.31 Å². The van der Waals surface area contributed by atoms with E-state index in [2.05, 4.69) is 10.3 Å². The van der Waals surface area contributed by atoms with E-state index >= 15 is 0 Å². The molecule has 1 amide bonds. The van der Waals surface area contributed by atoms with Gasteiger partial charge in [-0.1, -0.05) is 47.2 Å². The van der Waals surface area contributed by atoms with Crippen LogP contribution in [0.25, 0.3) is 0 Å². The van der Waals surface area contributed by atoms with Crippen LogP contribution in [0.5, 0.6) is 0 Å². The van der Waals surface area contributed by atoms with Gasteiger partial charge in [-0.2, -0.15) is 4.31 Å². The molecule has 3 aromatic carbocycles. The summed E-state index contributed by atoms with van der Waals surface area (Å²) in [5, 5.41) is 8.42.